The van der Waals surface area contributed by atoms with E-state index in [0.717, 1.165) is 39.0 Å². The van der Waals surface area contributed by atoms with Crippen LogP contribution in [0.5, 0.6) is 0 Å². The van der Waals surface area contributed by atoms with E-state index >= 15 is 0 Å². The predicted molar refractivity (Wildman–Crippen MR) is 209 cm³/mol. The molecule has 0 spiro atoms. The molecule has 0 aliphatic rings. The molecule has 0 saturated carbocycles. The van der Waals surface area contributed by atoms with Crippen LogP contribution in [0.4, 0.5) is 0 Å². The molecule has 0 amide bonds. The van der Waals surface area contributed by atoms with Crippen molar-refractivity contribution in [2.75, 3.05) is 0 Å². The van der Waals surface area contributed by atoms with Gasteiger partial charge in [-0.25, -0.2) is 15.0 Å². The van der Waals surface area contributed by atoms with Gasteiger partial charge in [-0.15, -0.1) is 11.3 Å². The van der Waals surface area contributed by atoms with E-state index in [-0.39, 0.29) is 0 Å². The molecule has 0 atom stereocenters. The SMILES string of the molecule is c1ccc(-c2ccc(-c3nc(-c4cccc(-n5c6ccccc6c6ccccc65)c4)nc(-c4ccc5c(c4)sc4ccccc45)n3)cc2)cc1. The van der Waals surface area contributed by atoms with Gasteiger partial charge in [-0.05, 0) is 47.5 Å². The number of aromatic nitrogens is 4. The summed E-state index contributed by atoms with van der Waals surface area (Å²) in [6.45, 7) is 0. The van der Waals surface area contributed by atoms with Crippen LogP contribution in [0.25, 0.3) is 93.0 Å². The highest BCUT2D eigenvalue weighted by Crippen LogP contribution is 2.37. The van der Waals surface area contributed by atoms with Crippen LogP contribution >= 0.6 is 11.3 Å². The molecule has 5 heteroatoms. The molecule has 0 radical (unpaired) electrons. The molecule has 234 valence electrons. The van der Waals surface area contributed by atoms with Crippen LogP contribution in [-0.4, -0.2) is 19.5 Å². The summed E-state index contributed by atoms with van der Waals surface area (Å²) in [5, 5.41) is 4.98. The second-order valence-electron chi connectivity index (χ2n) is 12.5. The maximum Gasteiger partial charge on any atom is 0.164 e. The van der Waals surface area contributed by atoms with Gasteiger partial charge in [0.05, 0.1) is 11.0 Å². The molecule has 0 aliphatic heterocycles. The molecule has 10 rings (SSSR count). The lowest BCUT2D eigenvalue weighted by molar-refractivity contribution is 1.07. The molecule has 0 fully saturated rings. The second kappa shape index (κ2) is 11.6. The van der Waals surface area contributed by atoms with Gasteiger partial charge in [0.15, 0.2) is 17.5 Å². The van der Waals surface area contributed by atoms with Gasteiger partial charge >= 0.3 is 0 Å². The molecule has 0 saturated heterocycles. The zero-order valence-corrected chi connectivity index (χ0v) is 27.7. The van der Waals surface area contributed by atoms with Gasteiger partial charge in [0, 0.05) is 53.3 Å². The van der Waals surface area contributed by atoms with Gasteiger partial charge in [-0.1, -0.05) is 133 Å². The van der Waals surface area contributed by atoms with E-state index in [1.807, 2.05) is 6.07 Å². The Kier molecular flexibility index (Phi) is 6.64. The molecular weight excluding hydrogens is 629 g/mol. The minimum absolute atomic E-state index is 0.635. The van der Waals surface area contributed by atoms with Crippen molar-refractivity contribution in [1.29, 1.82) is 0 Å². The third-order valence-corrected chi connectivity index (χ3v) is 10.6. The molecule has 4 nitrogen and oxygen atoms in total. The predicted octanol–water partition coefficient (Wildman–Crippen LogP) is 12.0. The highest BCUT2D eigenvalue weighted by molar-refractivity contribution is 7.25. The molecule has 0 bridgehead atoms. The Morgan fingerprint density at radius 3 is 1.56 bits per heavy atom. The quantitative estimate of drug-likeness (QED) is 0.185. The van der Waals surface area contributed by atoms with Crippen molar-refractivity contribution < 1.29 is 0 Å². The molecule has 10 aromatic rings. The van der Waals surface area contributed by atoms with Gasteiger partial charge in [0.1, 0.15) is 0 Å². The van der Waals surface area contributed by atoms with E-state index in [4.69, 9.17) is 15.0 Å². The summed E-state index contributed by atoms with van der Waals surface area (Å²) < 4.78 is 4.82. The highest BCUT2D eigenvalue weighted by atomic mass is 32.1. The number of rotatable bonds is 5. The Labute approximate surface area is 292 Å². The Bertz CT molecular complexity index is 2810. The summed E-state index contributed by atoms with van der Waals surface area (Å²) in [6.07, 6.45) is 0. The van der Waals surface area contributed by atoms with E-state index in [2.05, 4.69) is 168 Å². The smallest absolute Gasteiger partial charge is 0.164 e. The van der Waals surface area contributed by atoms with Crippen molar-refractivity contribution in [3.8, 4) is 51.0 Å². The molecule has 3 aromatic heterocycles. The first-order valence-corrected chi connectivity index (χ1v) is 17.5. The summed E-state index contributed by atoms with van der Waals surface area (Å²) >= 11 is 1.80. The fraction of sp³-hybridized carbons (Fsp3) is 0. The number of hydrogen-bond donors (Lipinski definition) is 0. The summed E-state index contributed by atoms with van der Waals surface area (Å²) in [5.41, 5.74) is 8.55. The van der Waals surface area contributed by atoms with Crippen LogP contribution in [-0.2, 0) is 0 Å². The van der Waals surface area contributed by atoms with Gasteiger partial charge in [0.25, 0.3) is 0 Å². The first kappa shape index (κ1) is 28.6. The van der Waals surface area contributed by atoms with Crippen molar-refractivity contribution >= 4 is 53.3 Å². The van der Waals surface area contributed by atoms with Crippen molar-refractivity contribution in [2.24, 2.45) is 0 Å². The van der Waals surface area contributed by atoms with Gasteiger partial charge in [-0.2, -0.15) is 0 Å². The second-order valence-corrected chi connectivity index (χ2v) is 13.6. The number of nitrogens with zero attached hydrogens (tertiary/aromatic N) is 4. The summed E-state index contributed by atoms with van der Waals surface area (Å²) in [4.78, 5) is 15.4. The lowest BCUT2D eigenvalue weighted by Crippen LogP contribution is -2.01. The molecule has 0 N–H and O–H groups in total. The average molecular weight is 657 g/mol. The van der Waals surface area contributed by atoms with Crippen LogP contribution in [0.2, 0.25) is 0 Å². The highest BCUT2D eigenvalue weighted by Gasteiger charge is 2.16. The van der Waals surface area contributed by atoms with Crippen molar-refractivity contribution in [3.63, 3.8) is 0 Å². The number of thiophene rings is 1. The van der Waals surface area contributed by atoms with Crippen LogP contribution in [0.15, 0.2) is 170 Å². The summed E-state index contributed by atoms with van der Waals surface area (Å²) in [5.74, 6) is 1.93. The standard InChI is InChI=1S/C45H28N4S/c1-2-11-29(12-3-1)30-21-23-31(24-22-30)43-46-44(48-45(47-43)33-25-26-38-37-17-6-9-20-41(37)50-42(38)28-33)32-13-10-14-34(27-32)49-39-18-7-4-15-35(39)36-16-5-8-19-40(36)49/h1-28H. The Balaban J connectivity index is 1.14. The third kappa shape index (κ3) is 4.79. The fourth-order valence-corrected chi connectivity index (χ4v) is 8.20. The van der Waals surface area contributed by atoms with E-state index in [0.29, 0.717) is 17.5 Å². The molecule has 0 unspecified atom stereocenters. The lowest BCUT2D eigenvalue weighted by atomic mass is 10.0. The Morgan fingerprint density at radius 1 is 0.340 bits per heavy atom. The molecule has 50 heavy (non-hydrogen) atoms. The van der Waals surface area contributed by atoms with E-state index in [9.17, 15) is 0 Å². The fourth-order valence-electron chi connectivity index (χ4n) is 7.06. The lowest BCUT2D eigenvalue weighted by Gasteiger charge is -2.12. The number of hydrogen-bond acceptors (Lipinski definition) is 4. The van der Waals surface area contributed by atoms with Crippen LogP contribution in [0.1, 0.15) is 0 Å². The zero-order valence-electron chi connectivity index (χ0n) is 26.9. The number of fused-ring (bicyclic) bond motifs is 6. The summed E-state index contributed by atoms with van der Waals surface area (Å²) in [7, 11) is 0. The topological polar surface area (TPSA) is 43.6 Å². The monoisotopic (exact) mass is 656 g/mol. The van der Waals surface area contributed by atoms with E-state index in [1.165, 1.54) is 36.5 Å². The number of para-hydroxylation sites is 2. The van der Waals surface area contributed by atoms with Crippen molar-refractivity contribution in [2.45, 2.75) is 0 Å². The van der Waals surface area contributed by atoms with Crippen molar-refractivity contribution in [3.05, 3.63) is 170 Å². The van der Waals surface area contributed by atoms with Gasteiger partial charge in [-0.3, -0.25) is 0 Å². The first-order chi connectivity index (χ1) is 24.8. The van der Waals surface area contributed by atoms with Gasteiger partial charge in [0.2, 0.25) is 0 Å². The maximum absolute atomic E-state index is 5.15. The first-order valence-electron chi connectivity index (χ1n) is 16.7. The van der Waals surface area contributed by atoms with Crippen LogP contribution in [0.3, 0.4) is 0 Å². The maximum atomic E-state index is 5.15. The molecule has 0 aliphatic carbocycles. The van der Waals surface area contributed by atoms with Crippen LogP contribution < -0.4 is 0 Å². The molecular formula is C45H28N4S. The Morgan fingerprint density at radius 2 is 0.840 bits per heavy atom. The van der Waals surface area contributed by atoms with Crippen LogP contribution in [0, 0.1) is 0 Å². The zero-order chi connectivity index (χ0) is 33.0. The number of benzene rings is 7. The largest absolute Gasteiger partial charge is 0.309 e. The van der Waals surface area contributed by atoms with Crippen molar-refractivity contribution in [1.82, 2.24) is 19.5 Å². The van der Waals surface area contributed by atoms with Gasteiger partial charge < -0.3 is 4.57 Å². The third-order valence-electron chi connectivity index (χ3n) is 9.47. The van der Waals surface area contributed by atoms with E-state index < -0.39 is 0 Å². The Hall–Kier alpha value is -6.43. The minimum atomic E-state index is 0.635. The normalized spacial score (nSPS) is 11.6. The summed E-state index contributed by atoms with van der Waals surface area (Å²) in [6, 6.07) is 59.7. The average Bonchev–Trinajstić information content (AvgIpc) is 3.74. The molecule has 3 heterocycles. The minimum Gasteiger partial charge on any atom is -0.309 e. The molecule has 7 aromatic carbocycles. The van der Waals surface area contributed by atoms with E-state index in [1.54, 1.807) is 11.3 Å².